The molecule has 0 N–H and O–H groups in total. The summed E-state index contributed by atoms with van der Waals surface area (Å²) < 4.78 is 17.0. The van der Waals surface area contributed by atoms with Gasteiger partial charge in [0, 0.05) is 19.3 Å². The van der Waals surface area contributed by atoms with Crippen LogP contribution in [0.4, 0.5) is 0 Å². The zero-order valence-electron chi connectivity index (χ0n) is 54.5. The summed E-state index contributed by atoms with van der Waals surface area (Å²) in [6.45, 7) is 6.55. The first-order valence-corrected chi connectivity index (χ1v) is 35.6. The molecule has 0 bridgehead atoms. The highest BCUT2D eigenvalue weighted by molar-refractivity contribution is 5.71. The molecule has 82 heavy (non-hydrogen) atoms. The van der Waals surface area contributed by atoms with E-state index in [2.05, 4.69) is 106 Å². The highest BCUT2D eigenvalue weighted by Crippen LogP contribution is 2.17. The molecule has 1 unspecified atom stereocenters. The van der Waals surface area contributed by atoms with Crippen LogP contribution in [0.5, 0.6) is 0 Å². The summed E-state index contributed by atoms with van der Waals surface area (Å²) in [7, 11) is 0. The normalized spacial score (nSPS) is 12.6. The van der Waals surface area contributed by atoms with Gasteiger partial charge in [0.15, 0.2) is 6.10 Å². The summed E-state index contributed by atoms with van der Waals surface area (Å²) in [5.41, 5.74) is 0. The van der Waals surface area contributed by atoms with Crippen LogP contribution < -0.4 is 0 Å². The van der Waals surface area contributed by atoms with Gasteiger partial charge in [0.2, 0.25) is 0 Å². The molecule has 0 spiro atoms. The predicted octanol–water partition coefficient (Wildman–Crippen LogP) is 24.6. The minimum Gasteiger partial charge on any atom is -0.462 e. The molecule has 1 atom stereocenters. The minimum absolute atomic E-state index is 0.0804. The van der Waals surface area contributed by atoms with Gasteiger partial charge in [-0.2, -0.15) is 0 Å². The van der Waals surface area contributed by atoms with Crippen molar-refractivity contribution in [2.45, 2.75) is 367 Å². The van der Waals surface area contributed by atoms with Crippen molar-refractivity contribution < 1.29 is 28.6 Å². The van der Waals surface area contributed by atoms with Gasteiger partial charge in [0.25, 0.3) is 0 Å². The lowest BCUT2D eigenvalue weighted by Crippen LogP contribution is -2.30. The van der Waals surface area contributed by atoms with Crippen molar-refractivity contribution in [3.8, 4) is 0 Å². The molecule has 0 aliphatic rings. The van der Waals surface area contributed by atoms with Crippen LogP contribution in [0.2, 0.25) is 0 Å². The zero-order valence-corrected chi connectivity index (χ0v) is 54.5. The number of unbranched alkanes of at least 4 members (excludes halogenated alkanes) is 40. The van der Waals surface area contributed by atoms with Gasteiger partial charge >= 0.3 is 17.9 Å². The van der Waals surface area contributed by atoms with Gasteiger partial charge in [-0.05, 0) is 116 Å². The molecule has 0 fully saturated rings. The fraction of sp³-hybridized carbons (Fsp3) is 0.776. The van der Waals surface area contributed by atoms with Crippen molar-refractivity contribution in [2.75, 3.05) is 13.2 Å². The lowest BCUT2D eigenvalue weighted by Gasteiger charge is -2.18. The van der Waals surface area contributed by atoms with Crippen LogP contribution in [0.1, 0.15) is 361 Å². The first kappa shape index (κ1) is 78.6. The average molecular weight is 1140 g/mol. The summed E-state index contributed by atoms with van der Waals surface area (Å²) in [5.74, 6) is -0.878. The second-order valence-electron chi connectivity index (χ2n) is 23.8. The molecule has 0 saturated heterocycles. The van der Waals surface area contributed by atoms with Crippen LogP contribution in [-0.2, 0) is 28.6 Å². The number of hydrogen-bond acceptors (Lipinski definition) is 6. The van der Waals surface area contributed by atoms with E-state index in [-0.39, 0.29) is 31.1 Å². The molecule has 0 aromatic heterocycles. The maximum atomic E-state index is 13.0. The minimum atomic E-state index is -0.787. The molecule has 0 heterocycles. The molecule has 0 rings (SSSR count). The monoisotopic (exact) mass is 1140 g/mol. The Morgan fingerprint density at radius 3 is 0.768 bits per heavy atom. The molecular formula is C76H134O6. The average Bonchev–Trinajstić information content (AvgIpc) is 3.47. The van der Waals surface area contributed by atoms with Crippen molar-refractivity contribution in [3.63, 3.8) is 0 Å². The third-order valence-corrected chi connectivity index (χ3v) is 15.6. The number of carbonyl (C=O) groups is 3. The van der Waals surface area contributed by atoms with E-state index in [1.54, 1.807) is 0 Å². The number of rotatable bonds is 65. The molecule has 0 aromatic rings. The highest BCUT2D eigenvalue weighted by Gasteiger charge is 2.19. The van der Waals surface area contributed by atoms with Gasteiger partial charge in [-0.25, -0.2) is 0 Å². The predicted molar refractivity (Wildman–Crippen MR) is 358 cm³/mol. The Morgan fingerprint density at radius 1 is 0.256 bits per heavy atom. The van der Waals surface area contributed by atoms with E-state index < -0.39 is 6.10 Å². The Hall–Kier alpha value is -3.41. The first-order valence-electron chi connectivity index (χ1n) is 35.6. The zero-order chi connectivity index (χ0) is 59.2. The molecule has 474 valence electrons. The lowest BCUT2D eigenvalue weighted by molar-refractivity contribution is -0.167. The third kappa shape index (κ3) is 67.4. The van der Waals surface area contributed by atoms with Gasteiger partial charge < -0.3 is 14.2 Å². The SMILES string of the molecule is CC/C=C\C/C=C\C/C=C\C/C=C\CCCCCCCCCCC(=O)OC(COC(=O)CCCCCCCCC/C=C\C/C=C\CCCCCC)COC(=O)CCCCCCCCCCCCCCC/C=C\CCCCCCCCCC. The highest BCUT2D eigenvalue weighted by atomic mass is 16.6. The first-order chi connectivity index (χ1) is 40.5. The maximum absolute atomic E-state index is 13.0. The Bertz CT molecular complexity index is 1550. The molecule has 6 nitrogen and oxygen atoms in total. The van der Waals surface area contributed by atoms with Crippen LogP contribution in [0.3, 0.4) is 0 Å². The summed E-state index contributed by atoms with van der Waals surface area (Å²) in [5, 5.41) is 0. The van der Waals surface area contributed by atoms with E-state index in [4.69, 9.17) is 14.2 Å². The van der Waals surface area contributed by atoms with Crippen molar-refractivity contribution >= 4 is 17.9 Å². The topological polar surface area (TPSA) is 78.9 Å². The molecule has 0 aliphatic carbocycles. The quantitative estimate of drug-likeness (QED) is 0.0261. The van der Waals surface area contributed by atoms with Crippen molar-refractivity contribution in [1.82, 2.24) is 0 Å². The van der Waals surface area contributed by atoms with E-state index in [1.807, 2.05) is 0 Å². The number of esters is 3. The van der Waals surface area contributed by atoms with Gasteiger partial charge in [-0.15, -0.1) is 0 Å². The Kier molecular flexibility index (Phi) is 67.2. The van der Waals surface area contributed by atoms with E-state index in [0.717, 1.165) is 103 Å². The number of allylic oxidation sites excluding steroid dienone is 14. The van der Waals surface area contributed by atoms with E-state index in [9.17, 15) is 14.4 Å². The molecule has 0 aliphatic heterocycles. The fourth-order valence-electron chi connectivity index (χ4n) is 10.3. The van der Waals surface area contributed by atoms with E-state index in [1.165, 1.54) is 218 Å². The van der Waals surface area contributed by atoms with Crippen LogP contribution in [0.25, 0.3) is 0 Å². The molecule has 0 amide bonds. The number of carbonyl (C=O) groups excluding carboxylic acids is 3. The summed E-state index contributed by atoms with van der Waals surface area (Å²) >= 11 is 0. The van der Waals surface area contributed by atoms with Gasteiger partial charge in [0.05, 0.1) is 0 Å². The summed E-state index contributed by atoms with van der Waals surface area (Å²) in [6.07, 6.45) is 93.2. The van der Waals surface area contributed by atoms with Gasteiger partial charge in [-0.1, -0.05) is 311 Å². The smallest absolute Gasteiger partial charge is 0.306 e. The molecule has 0 saturated carbocycles. The Balaban J connectivity index is 4.35. The largest absolute Gasteiger partial charge is 0.462 e. The Labute approximate surface area is 509 Å². The number of hydrogen-bond donors (Lipinski definition) is 0. The second kappa shape index (κ2) is 70.1. The van der Waals surface area contributed by atoms with Crippen LogP contribution >= 0.6 is 0 Å². The van der Waals surface area contributed by atoms with Crippen LogP contribution in [-0.4, -0.2) is 37.2 Å². The summed E-state index contributed by atoms with van der Waals surface area (Å²) in [4.78, 5) is 38.5. The van der Waals surface area contributed by atoms with Gasteiger partial charge in [0.1, 0.15) is 13.2 Å². The number of ether oxygens (including phenoxy) is 3. The van der Waals surface area contributed by atoms with Crippen molar-refractivity contribution in [2.24, 2.45) is 0 Å². The maximum Gasteiger partial charge on any atom is 0.306 e. The summed E-state index contributed by atoms with van der Waals surface area (Å²) in [6, 6.07) is 0. The standard InChI is InChI=1S/C76H134O6/c1-4-7-10-13-16-19-22-25-28-31-34-36-37-38-39-41-42-45-48-51-54-57-60-63-66-69-75(78)81-72-73(71-80-74(77)68-65-62-59-56-53-50-47-44-33-30-27-24-21-18-15-12-9-6-3)82-76(79)70-67-64-61-58-55-52-49-46-43-40-35-32-29-26-23-20-17-14-11-8-5-2/h8,11,17,20-21,24,26,29-31,33-35,40,73H,4-7,9-10,12-16,18-19,22-23,25,27-28,32,36-39,41-72H2,1-3H3/b11-8-,20-17-,24-21-,29-26-,33-30-,34-31-,40-35-. The van der Waals surface area contributed by atoms with Crippen LogP contribution in [0.15, 0.2) is 85.1 Å². The molecule has 6 heteroatoms. The molecule has 0 radical (unpaired) electrons. The van der Waals surface area contributed by atoms with Gasteiger partial charge in [-0.3, -0.25) is 14.4 Å². The van der Waals surface area contributed by atoms with Crippen LogP contribution in [0, 0.1) is 0 Å². The fourth-order valence-corrected chi connectivity index (χ4v) is 10.3. The van der Waals surface area contributed by atoms with E-state index in [0.29, 0.717) is 19.3 Å². The molecular weight excluding hydrogens is 1010 g/mol. The lowest BCUT2D eigenvalue weighted by atomic mass is 10.0. The van der Waals surface area contributed by atoms with Crippen molar-refractivity contribution in [3.05, 3.63) is 85.1 Å². The van der Waals surface area contributed by atoms with Crippen molar-refractivity contribution in [1.29, 1.82) is 0 Å². The third-order valence-electron chi connectivity index (χ3n) is 15.6. The Morgan fingerprint density at radius 2 is 0.476 bits per heavy atom. The second-order valence-corrected chi connectivity index (χ2v) is 23.8. The molecule has 0 aromatic carbocycles. The van der Waals surface area contributed by atoms with E-state index >= 15 is 0 Å².